The average Bonchev–Trinajstić information content (AvgIpc) is 2.89. The van der Waals surface area contributed by atoms with E-state index < -0.39 is 166 Å². The molecule has 0 aromatic rings. The third kappa shape index (κ3) is 16.8. The van der Waals surface area contributed by atoms with Gasteiger partial charge in [0.05, 0.1) is 5.97 Å². The van der Waals surface area contributed by atoms with Crippen LogP contribution < -0.4 is 5.11 Å². The van der Waals surface area contributed by atoms with Gasteiger partial charge in [0.2, 0.25) is 0 Å². The van der Waals surface area contributed by atoms with Gasteiger partial charge in [0, 0.05) is 44.9 Å². The molecule has 0 saturated carbocycles. The van der Waals surface area contributed by atoms with Crippen molar-refractivity contribution in [2.24, 2.45) is 16.2 Å². The van der Waals surface area contributed by atoms with E-state index in [4.69, 9.17) is 0 Å². The molecule has 0 N–H and O–H groups in total. The topological polar surface area (TPSA) is 40.1 Å². The summed E-state index contributed by atoms with van der Waals surface area (Å²) in [5.41, 5.74) is -14.7. The van der Waals surface area contributed by atoms with Crippen LogP contribution in [-0.4, -0.2) is 49.2 Å². The van der Waals surface area contributed by atoms with Gasteiger partial charge in [0.15, 0.2) is 0 Å². The third-order valence-electron chi connectivity index (χ3n) is 9.52. The first-order valence-corrected chi connectivity index (χ1v) is 15.1. The molecule has 0 aromatic carbocycles. The van der Waals surface area contributed by atoms with E-state index in [1.54, 1.807) is 0 Å². The van der Waals surface area contributed by atoms with E-state index in [0.717, 1.165) is 0 Å². The molecule has 0 fully saturated rings. The maximum atomic E-state index is 14.0. The summed E-state index contributed by atoms with van der Waals surface area (Å²) in [6.45, 7) is 0.623. The van der Waals surface area contributed by atoms with Crippen LogP contribution in [0.25, 0.3) is 0 Å². The molecule has 23 heteroatoms. The maximum Gasteiger partial charge on any atom is 0.389 e. The smallest absolute Gasteiger partial charge is 0.389 e. The number of carboxylic acids is 1. The maximum absolute atomic E-state index is 14.0. The Hall–Kier alpha value is -2.26. The average molecular weight is 814 g/mol. The first kappa shape index (κ1) is 49.7. The molecular formula is C29H34F21O2-. The minimum Gasteiger partial charge on any atom is -0.545 e. The quantitative estimate of drug-likeness (QED) is 0.102. The Balaban J connectivity index is 9.39. The van der Waals surface area contributed by atoms with Crippen molar-refractivity contribution in [1.82, 2.24) is 0 Å². The van der Waals surface area contributed by atoms with Gasteiger partial charge in [0.25, 0.3) is 0 Å². The van der Waals surface area contributed by atoms with Crippen LogP contribution in [0, 0.1) is 16.2 Å². The van der Waals surface area contributed by atoms with Crippen LogP contribution in [0.3, 0.4) is 0 Å². The Bertz CT molecular complexity index is 1080. The number of alkyl halides is 21. The predicted octanol–water partition coefficient (Wildman–Crippen LogP) is 12.4. The van der Waals surface area contributed by atoms with Crippen LogP contribution in [0.2, 0.25) is 0 Å². The van der Waals surface area contributed by atoms with Gasteiger partial charge in [-0.25, -0.2) is 0 Å². The van der Waals surface area contributed by atoms with E-state index in [1.165, 1.54) is 0 Å². The molecule has 0 aliphatic carbocycles. The van der Waals surface area contributed by atoms with Gasteiger partial charge in [-0.3, -0.25) is 0 Å². The second-order valence-electron chi connectivity index (χ2n) is 12.8. The highest BCUT2D eigenvalue weighted by Gasteiger charge is 2.65. The van der Waals surface area contributed by atoms with Gasteiger partial charge in [-0.1, -0.05) is 5.57 Å². The summed E-state index contributed by atoms with van der Waals surface area (Å²) >= 11 is 0. The number of allylic oxidation sites excluding steroid dienone is 1. The predicted molar refractivity (Wildman–Crippen MR) is 138 cm³/mol. The van der Waals surface area contributed by atoms with E-state index in [9.17, 15) is 102 Å². The molecule has 0 aliphatic heterocycles. The van der Waals surface area contributed by atoms with Crippen molar-refractivity contribution in [3.8, 4) is 0 Å². The molecule has 2 nitrogen and oxygen atoms in total. The lowest BCUT2D eigenvalue weighted by Gasteiger charge is -2.64. The molecule has 0 amide bonds. The normalized spacial score (nSPS) is 15.6. The number of carbonyl (C=O) groups excluding carboxylic acids is 1. The zero-order valence-electron chi connectivity index (χ0n) is 27.2. The lowest BCUT2D eigenvalue weighted by molar-refractivity contribution is -0.299. The standard InChI is InChI=1S/C29H35F21O2/c1-17(19(51)52)18(2)21(6-13-26(39,40)41,7-14-27(42,43)44)22(8-15-28(45,46)47,9-16-29(48,49)50)20(3-10-23(30,31)32,4-11-24(33,34)35)5-12-25(36,37)38/h3-16H2,1-2H3,(H,51,52)/p-1. The fraction of sp³-hybridized carbons (Fsp3) is 0.897. The molecule has 0 heterocycles. The van der Waals surface area contributed by atoms with Crippen molar-refractivity contribution in [3.05, 3.63) is 11.1 Å². The summed E-state index contributed by atoms with van der Waals surface area (Å²) in [4.78, 5) is 12.0. The number of rotatable bonds is 18. The summed E-state index contributed by atoms with van der Waals surface area (Å²) in [6.07, 6.45) is -73.6. The first-order valence-electron chi connectivity index (χ1n) is 15.1. The van der Waals surface area contributed by atoms with E-state index in [2.05, 4.69) is 0 Å². The SMILES string of the molecule is CC(C(=O)[O-])=C(C)C(CCC(F)(F)F)(CCC(F)(F)F)C(CCC(F)(F)F)(CCC(F)(F)F)C(CCC(F)(F)F)(CCC(F)(F)F)CCC(F)(F)F. The van der Waals surface area contributed by atoms with E-state index in [0.29, 0.717) is 6.92 Å². The summed E-state index contributed by atoms with van der Waals surface area (Å²) in [5, 5.41) is 12.0. The van der Waals surface area contributed by atoms with Crippen LogP contribution in [-0.2, 0) is 4.79 Å². The van der Waals surface area contributed by atoms with E-state index in [-0.39, 0.29) is 6.92 Å². The third-order valence-corrected chi connectivity index (χ3v) is 9.52. The lowest BCUT2D eigenvalue weighted by atomic mass is 9.40. The molecule has 0 unspecified atom stereocenters. The Morgan fingerprint density at radius 1 is 0.365 bits per heavy atom. The number of carboxylic acid groups (broad SMARTS) is 1. The number of halogens is 21. The molecule has 310 valence electrons. The fourth-order valence-electron chi connectivity index (χ4n) is 7.15. The number of aliphatic carboxylic acids is 1. The van der Waals surface area contributed by atoms with Gasteiger partial charge in [-0.2, -0.15) is 92.2 Å². The molecule has 0 saturated heterocycles. The van der Waals surface area contributed by atoms with Crippen molar-refractivity contribution < 1.29 is 102 Å². The number of hydrogen-bond acceptors (Lipinski definition) is 2. The molecule has 0 aliphatic rings. The van der Waals surface area contributed by atoms with Gasteiger partial charge in [-0.15, -0.1) is 0 Å². The molecule has 0 spiro atoms. The highest BCUT2D eigenvalue weighted by molar-refractivity contribution is 5.85. The fourth-order valence-corrected chi connectivity index (χ4v) is 7.15. The molecule has 0 radical (unpaired) electrons. The zero-order chi connectivity index (χ0) is 41.6. The van der Waals surface area contributed by atoms with Gasteiger partial charge in [0.1, 0.15) is 0 Å². The van der Waals surface area contributed by atoms with Gasteiger partial charge in [-0.05, 0) is 80.6 Å². The van der Waals surface area contributed by atoms with Crippen LogP contribution in [0.4, 0.5) is 92.2 Å². The summed E-state index contributed by atoms with van der Waals surface area (Å²) in [5.74, 6) is -2.53. The van der Waals surface area contributed by atoms with Gasteiger partial charge < -0.3 is 9.90 Å². The second kappa shape index (κ2) is 17.0. The Morgan fingerprint density at radius 2 is 0.577 bits per heavy atom. The largest absolute Gasteiger partial charge is 0.545 e. The molecular weight excluding hydrogens is 779 g/mol. The first-order chi connectivity index (χ1) is 22.7. The summed E-state index contributed by atoms with van der Waals surface area (Å²) in [7, 11) is 0. The Kier molecular flexibility index (Phi) is 16.3. The monoisotopic (exact) mass is 813 g/mol. The van der Waals surface area contributed by atoms with Crippen molar-refractivity contribution >= 4 is 5.97 Å². The van der Waals surface area contributed by atoms with Crippen molar-refractivity contribution in [3.63, 3.8) is 0 Å². The second-order valence-corrected chi connectivity index (χ2v) is 12.8. The Morgan fingerprint density at radius 3 is 0.788 bits per heavy atom. The van der Waals surface area contributed by atoms with E-state index in [1.807, 2.05) is 0 Å². The van der Waals surface area contributed by atoms with Gasteiger partial charge >= 0.3 is 43.2 Å². The number of carbonyl (C=O) groups is 1. The molecule has 52 heavy (non-hydrogen) atoms. The van der Waals surface area contributed by atoms with Crippen molar-refractivity contribution in [2.45, 2.75) is 147 Å². The highest BCUT2D eigenvalue weighted by atomic mass is 19.4. The highest BCUT2D eigenvalue weighted by Crippen LogP contribution is 2.71. The molecule has 0 rings (SSSR count). The van der Waals surface area contributed by atoms with Crippen LogP contribution in [0.1, 0.15) is 104 Å². The Labute approximate surface area is 283 Å². The summed E-state index contributed by atoms with van der Waals surface area (Å²) < 4.78 is 291. The zero-order valence-corrected chi connectivity index (χ0v) is 27.2. The molecule has 0 atom stereocenters. The van der Waals surface area contributed by atoms with Crippen LogP contribution in [0.5, 0.6) is 0 Å². The lowest BCUT2D eigenvalue weighted by Crippen LogP contribution is -2.57. The minimum atomic E-state index is -5.74. The van der Waals surface area contributed by atoms with E-state index >= 15 is 0 Å². The minimum absolute atomic E-state index is 0.288. The van der Waals surface area contributed by atoms with Crippen LogP contribution >= 0.6 is 0 Å². The van der Waals surface area contributed by atoms with Crippen LogP contribution in [0.15, 0.2) is 11.1 Å². The number of hydrogen-bond donors (Lipinski definition) is 0. The van der Waals surface area contributed by atoms with Crippen molar-refractivity contribution in [2.75, 3.05) is 0 Å². The molecule has 0 aromatic heterocycles. The molecule has 0 bridgehead atoms. The van der Waals surface area contributed by atoms with Crippen molar-refractivity contribution in [1.29, 1.82) is 0 Å². The summed E-state index contributed by atoms with van der Waals surface area (Å²) in [6, 6.07) is 0.